The van der Waals surface area contributed by atoms with Crippen molar-refractivity contribution >= 4 is 17.6 Å². The van der Waals surface area contributed by atoms with E-state index in [0.29, 0.717) is 10.8 Å². The fraction of sp³-hybridized carbons (Fsp3) is 0.167. The van der Waals surface area contributed by atoms with Gasteiger partial charge in [-0.25, -0.2) is 4.79 Å². The van der Waals surface area contributed by atoms with Crippen LogP contribution in [0.25, 0.3) is 0 Å². The Balaban J connectivity index is 2.01. The predicted octanol–water partition coefficient (Wildman–Crippen LogP) is 2.35. The van der Waals surface area contributed by atoms with Crippen molar-refractivity contribution in [3.63, 3.8) is 0 Å². The molecule has 0 saturated carbocycles. The minimum Gasteiger partial charge on any atom is -0.495 e. The van der Waals surface area contributed by atoms with E-state index in [4.69, 9.17) is 26.2 Å². The highest BCUT2D eigenvalue weighted by atomic mass is 35.5. The molecule has 1 heterocycles. The SMILES string of the molecule is COc1ccc(COc2cc(C(=O)O)[nH]n2)cc1Cl. The van der Waals surface area contributed by atoms with Crippen LogP contribution < -0.4 is 9.47 Å². The number of ether oxygens (including phenoxy) is 2. The summed E-state index contributed by atoms with van der Waals surface area (Å²) in [6.45, 7) is 0.230. The minimum atomic E-state index is -1.09. The molecule has 0 atom stereocenters. The smallest absolute Gasteiger partial charge is 0.354 e. The van der Waals surface area contributed by atoms with Crippen LogP contribution in [0.3, 0.4) is 0 Å². The third kappa shape index (κ3) is 3.17. The summed E-state index contributed by atoms with van der Waals surface area (Å²) in [5.74, 6) is -0.294. The van der Waals surface area contributed by atoms with Crippen molar-refractivity contribution in [1.29, 1.82) is 0 Å². The lowest BCUT2D eigenvalue weighted by atomic mass is 10.2. The van der Waals surface area contributed by atoms with E-state index in [1.807, 2.05) is 0 Å². The zero-order valence-corrected chi connectivity index (χ0v) is 10.8. The Bertz CT molecular complexity index is 597. The second-order valence-electron chi connectivity index (χ2n) is 3.68. The van der Waals surface area contributed by atoms with Gasteiger partial charge in [-0.2, -0.15) is 0 Å². The molecule has 2 rings (SSSR count). The van der Waals surface area contributed by atoms with Gasteiger partial charge < -0.3 is 14.6 Å². The summed E-state index contributed by atoms with van der Waals surface area (Å²) in [5.41, 5.74) is 0.799. The number of halogens is 1. The molecule has 0 bridgehead atoms. The topological polar surface area (TPSA) is 84.4 Å². The number of nitrogens with one attached hydrogen (secondary N) is 1. The van der Waals surface area contributed by atoms with Gasteiger partial charge in [0.05, 0.1) is 12.1 Å². The van der Waals surface area contributed by atoms with Crippen molar-refractivity contribution < 1.29 is 19.4 Å². The Kier molecular flexibility index (Phi) is 3.91. The second-order valence-corrected chi connectivity index (χ2v) is 4.09. The van der Waals surface area contributed by atoms with E-state index >= 15 is 0 Å². The number of benzene rings is 1. The third-order valence-electron chi connectivity index (χ3n) is 2.39. The maximum atomic E-state index is 10.6. The fourth-order valence-corrected chi connectivity index (χ4v) is 1.72. The molecule has 19 heavy (non-hydrogen) atoms. The molecule has 0 aliphatic heterocycles. The number of carbonyl (C=O) groups is 1. The Hall–Kier alpha value is -2.21. The lowest BCUT2D eigenvalue weighted by Crippen LogP contribution is -1.96. The summed E-state index contributed by atoms with van der Waals surface area (Å²) < 4.78 is 10.4. The summed E-state index contributed by atoms with van der Waals surface area (Å²) in [7, 11) is 1.54. The lowest BCUT2D eigenvalue weighted by molar-refractivity contribution is 0.0690. The van der Waals surface area contributed by atoms with E-state index in [2.05, 4.69) is 10.2 Å². The average molecular weight is 283 g/mol. The number of aromatic amines is 1. The average Bonchev–Trinajstić information content (AvgIpc) is 2.85. The quantitative estimate of drug-likeness (QED) is 0.879. The van der Waals surface area contributed by atoms with Crippen LogP contribution in [0.4, 0.5) is 0 Å². The second kappa shape index (κ2) is 5.62. The molecule has 0 amide bonds. The molecule has 0 radical (unpaired) electrons. The van der Waals surface area contributed by atoms with E-state index in [1.54, 1.807) is 18.2 Å². The Labute approximate surface area is 113 Å². The molecule has 6 nitrogen and oxygen atoms in total. The van der Waals surface area contributed by atoms with Gasteiger partial charge in [0.1, 0.15) is 18.1 Å². The normalized spacial score (nSPS) is 10.2. The number of hydrogen-bond acceptors (Lipinski definition) is 4. The summed E-state index contributed by atoms with van der Waals surface area (Å²) in [4.78, 5) is 10.6. The number of carboxylic acid groups (broad SMARTS) is 1. The number of aromatic carboxylic acids is 1. The van der Waals surface area contributed by atoms with Crippen molar-refractivity contribution in [2.24, 2.45) is 0 Å². The molecule has 1 aromatic heterocycles. The predicted molar refractivity (Wildman–Crippen MR) is 67.9 cm³/mol. The monoisotopic (exact) mass is 282 g/mol. The van der Waals surface area contributed by atoms with Crippen molar-refractivity contribution in [2.75, 3.05) is 7.11 Å². The third-order valence-corrected chi connectivity index (χ3v) is 2.68. The molecule has 0 spiro atoms. The summed E-state index contributed by atoms with van der Waals surface area (Å²) in [6.07, 6.45) is 0. The van der Waals surface area contributed by atoms with Gasteiger partial charge in [-0.05, 0) is 17.7 Å². The molecule has 100 valence electrons. The van der Waals surface area contributed by atoms with E-state index in [-0.39, 0.29) is 18.2 Å². The Morgan fingerprint density at radius 3 is 2.84 bits per heavy atom. The van der Waals surface area contributed by atoms with Gasteiger partial charge in [0.2, 0.25) is 5.88 Å². The Morgan fingerprint density at radius 2 is 2.26 bits per heavy atom. The number of hydrogen-bond donors (Lipinski definition) is 2. The van der Waals surface area contributed by atoms with E-state index in [1.165, 1.54) is 13.2 Å². The van der Waals surface area contributed by atoms with Crippen LogP contribution in [0.5, 0.6) is 11.6 Å². The molecule has 0 aliphatic rings. The molecule has 2 aromatic rings. The molecule has 0 aliphatic carbocycles. The first kappa shape index (κ1) is 13.2. The van der Waals surface area contributed by atoms with Crippen LogP contribution in [0.15, 0.2) is 24.3 Å². The Morgan fingerprint density at radius 1 is 1.47 bits per heavy atom. The minimum absolute atomic E-state index is 0.0252. The van der Waals surface area contributed by atoms with Gasteiger partial charge in [0, 0.05) is 6.07 Å². The summed E-state index contributed by atoms with van der Waals surface area (Å²) >= 11 is 5.98. The molecule has 0 unspecified atom stereocenters. The summed E-state index contributed by atoms with van der Waals surface area (Å²) in [5, 5.41) is 15.3. The largest absolute Gasteiger partial charge is 0.495 e. The van der Waals surface area contributed by atoms with Crippen LogP contribution in [0.2, 0.25) is 5.02 Å². The van der Waals surface area contributed by atoms with Gasteiger partial charge in [-0.15, -0.1) is 5.10 Å². The van der Waals surface area contributed by atoms with Crippen LogP contribution in [-0.4, -0.2) is 28.4 Å². The number of aromatic nitrogens is 2. The first-order chi connectivity index (χ1) is 9.10. The molecular weight excluding hydrogens is 272 g/mol. The maximum Gasteiger partial charge on any atom is 0.354 e. The standard InChI is InChI=1S/C12H11ClN2O4/c1-18-10-3-2-7(4-8(10)13)6-19-11-5-9(12(16)17)14-15-11/h2-5H,6H2,1H3,(H,14,15)(H,16,17). The lowest BCUT2D eigenvalue weighted by Gasteiger charge is -2.06. The number of H-pyrrole nitrogens is 1. The van der Waals surface area contributed by atoms with Crippen molar-refractivity contribution in [3.8, 4) is 11.6 Å². The van der Waals surface area contributed by atoms with Gasteiger partial charge in [0.15, 0.2) is 0 Å². The van der Waals surface area contributed by atoms with E-state index < -0.39 is 5.97 Å². The summed E-state index contributed by atoms with van der Waals surface area (Å²) in [6, 6.07) is 6.56. The van der Waals surface area contributed by atoms with Crippen LogP contribution in [0, 0.1) is 0 Å². The number of nitrogens with zero attached hydrogens (tertiary/aromatic N) is 1. The van der Waals surface area contributed by atoms with Gasteiger partial charge in [0.25, 0.3) is 0 Å². The molecule has 2 N–H and O–H groups in total. The highest BCUT2D eigenvalue weighted by Gasteiger charge is 2.09. The first-order valence-corrected chi connectivity index (χ1v) is 5.72. The number of carboxylic acids is 1. The van der Waals surface area contributed by atoms with Gasteiger partial charge >= 0.3 is 5.97 Å². The highest BCUT2D eigenvalue weighted by molar-refractivity contribution is 6.32. The van der Waals surface area contributed by atoms with Gasteiger partial charge in [-0.3, -0.25) is 5.10 Å². The van der Waals surface area contributed by atoms with Crippen LogP contribution >= 0.6 is 11.6 Å². The van der Waals surface area contributed by atoms with E-state index in [9.17, 15) is 4.79 Å². The zero-order valence-electron chi connectivity index (χ0n) is 10.0. The number of methoxy groups -OCH3 is 1. The van der Waals surface area contributed by atoms with Crippen molar-refractivity contribution in [3.05, 3.63) is 40.5 Å². The molecule has 0 fully saturated rings. The molecule has 1 aromatic carbocycles. The molecular formula is C12H11ClN2O4. The van der Waals surface area contributed by atoms with E-state index in [0.717, 1.165) is 5.56 Å². The zero-order chi connectivity index (χ0) is 13.8. The maximum absolute atomic E-state index is 10.6. The van der Waals surface area contributed by atoms with Crippen molar-refractivity contribution in [2.45, 2.75) is 6.61 Å². The number of rotatable bonds is 5. The van der Waals surface area contributed by atoms with Crippen LogP contribution in [-0.2, 0) is 6.61 Å². The van der Waals surface area contributed by atoms with Crippen molar-refractivity contribution in [1.82, 2.24) is 10.2 Å². The van der Waals surface area contributed by atoms with Gasteiger partial charge in [-0.1, -0.05) is 17.7 Å². The first-order valence-electron chi connectivity index (χ1n) is 5.34. The molecule has 7 heteroatoms. The highest BCUT2D eigenvalue weighted by Crippen LogP contribution is 2.25. The fourth-order valence-electron chi connectivity index (χ4n) is 1.44. The van der Waals surface area contributed by atoms with Crippen LogP contribution in [0.1, 0.15) is 16.1 Å². The molecule has 0 saturated heterocycles.